The van der Waals surface area contributed by atoms with E-state index in [9.17, 15) is 9.59 Å². The summed E-state index contributed by atoms with van der Waals surface area (Å²) >= 11 is 13.0. The molecule has 1 aromatic rings. The van der Waals surface area contributed by atoms with Crippen molar-refractivity contribution in [3.63, 3.8) is 0 Å². The van der Waals surface area contributed by atoms with Crippen LogP contribution in [-0.2, 0) is 4.79 Å². The van der Waals surface area contributed by atoms with E-state index in [4.69, 9.17) is 28.3 Å². The summed E-state index contributed by atoms with van der Waals surface area (Å²) in [6.07, 6.45) is 0.745. The van der Waals surface area contributed by atoms with E-state index < -0.39 is 5.97 Å². The number of hydrogen-bond acceptors (Lipinski definition) is 4. The smallest absolute Gasteiger partial charge is 0.317 e. The number of hydrogen-bond donors (Lipinski definition) is 1. The molecule has 1 amide bonds. The Labute approximate surface area is 130 Å². The van der Waals surface area contributed by atoms with Gasteiger partial charge in [0.25, 0.3) is 5.91 Å². The Morgan fingerprint density at radius 1 is 1.25 bits per heavy atom. The third kappa shape index (κ3) is 3.85. The van der Waals surface area contributed by atoms with Crippen molar-refractivity contribution in [3.8, 4) is 0 Å². The maximum atomic E-state index is 12.4. The van der Waals surface area contributed by atoms with E-state index in [0.717, 1.165) is 6.42 Å². The monoisotopic (exact) mass is 336 g/mol. The Morgan fingerprint density at radius 2 is 2.00 bits per heavy atom. The number of nitrogens with zero attached hydrogens (tertiary/aromatic N) is 2. The van der Waals surface area contributed by atoms with Crippen LogP contribution >= 0.6 is 34.5 Å². The molecular formula is C12H14Cl2N2O3S. The minimum atomic E-state index is -0.850. The molecule has 8 heteroatoms. The van der Waals surface area contributed by atoms with Gasteiger partial charge in [0.1, 0.15) is 4.34 Å². The van der Waals surface area contributed by atoms with E-state index in [2.05, 4.69) is 0 Å². The van der Waals surface area contributed by atoms with Gasteiger partial charge >= 0.3 is 5.97 Å². The highest BCUT2D eigenvalue weighted by molar-refractivity contribution is 7.20. The van der Waals surface area contributed by atoms with Crippen molar-refractivity contribution in [2.24, 2.45) is 0 Å². The normalized spacial score (nSPS) is 17.0. The number of amides is 1. The Balaban J connectivity index is 2.01. The molecule has 2 heterocycles. The van der Waals surface area contributed by atoms with Gasteiger partial charge in [-0.3, -0.25) is 14.5 Å². The Bertz CT molecular complexity index is 521. The highest BCUT2D eigenvalue weighted by Gasteiger charge is 2.24. The van der Waals surface area contributed by atoms with Gasteiger partial charge in [0, 0.05) is 26.2 Å². The van der Waals surface area contributed by atoms with Crippen molar-refractivity contribution in [2.75, 3.05) is 32.7 Å². The van der Waals surface area contributed by atoms with Crippen LogP contribution in [0.15, 0.2) is 6.07 Å². The lowest BCUT2D eigenvalue weighted by atomic mass is 10.3. The Kier molecular flexibility index (Phi) is 5.26. The van der Waals surface area contributed by atoms with Gasteiger partial charge in [-0.25, -0.2) is 0 Å². The molecular weight excluding hydrogens is 323 g/mol. The van der Waals surface area contributed by atoms with E-state index in [0.29, 0.717) is 40.4 Å². The average Bonchev–Trinajstić information content (AvgIpc) is 2.58. The van der Waals surface area contributed by atoms with E-state index in [1.807, 2.05) is 4.90 Å². The second-order valence-electron chi connectivity index (χ2n) is 4.55. The van der Waals surface area contributed by atoms with Crippen LogP contribution in [0.4, 0.5) is 0 Å². The van der Waals surface area contributed by atoms with Crippen LogP contribution in [0.25, 0.3) is 0 Å². The van der Waals surface area contributed by atoms with E-state index in [1.54, 1.807) is 11.0 Å². The molecule has 0 aromatic carbocycles. The zero-order valence-electron chi connectivity index (χ0n) is 10.6. The summed E-state index contributed by atoms with van der Waals surface area (Å²) in [6.45, 7) is 2.32. The lowest BCUT2D eigenvalue weighted by Gasteiger charge is -2.20. The first-order chi connectivity index (χ1) is 9.47. The third-order valence-electron chi connectivity index (χ3n) is 3.12. The molecule has 0 aliphatic carbocycles. The first-order valence-corrected chi connectivity index (χ1v) is 7.73. The fraction of sp³-hybridized carbons (Fsp3) is 0.500. The number of carboxylic acids is 1. The maximum absolute atomic E-state index is 12.4. The molecule has 0 saturated carbocycles. The molecule has 0 bridgehead atoms. The second kappa shape index (κ2) is 6.76. The van der Waals surface area contributed by atoms with Crippen LogP contribution < -0.4 is 0 Å². The lowest BCUT2D eigenvalue weighted by molar-refractivity contribution is -0.138. The average molecular weight is 337 g/mol. The summed E-state index contributed by atoms with van der Waals surface area (Å²) in [5.74, 6) is -0.993. The molecule has 0 atom stereocenters. The summed E-state index contributed by atoms with van der Waals surface area (Å²) in [5.41, 5.74) is 0.424. The van der Waals surface area contributed by atoms with Crippen LogP contribution in [0.2, 0.25) is 8.67 Å². The van der Waals surface area contributed by atoms with Crippen molar-refractivity contribution in [2.45, 2.75) is 6.42 Å². The number of rotatable bonds is 3. The molecule has 0 unspecified atom stereocenters. The van der Waals surface area contributed by atoms with E-state index in [1.165, 1.54) is 11.3 Å². The highest BCUT2D eigenvalue weighted by Crippen LogP contribution is 2.32. The summed E-state index contributed by atoms with van der Waals surface area (Å²) in [5, 5.41) is 8.80. The summed E-state index contributed by atoms with van der Waals surface area (Å²) in [7, 11) is 0. The Morgan fingerprint density at radius 3 is 2.60 bits per heavy atom. The van der Waals surface area contributed by atoms with Gasteiger partial charge in [-0.1, -0.05) is 23.2 Å². The number of thiophene rings is 1. The number of carbonyl (C=O) groups is 2. The van der Waals surface area contributed by atoms with Gasteiger partial charge in [-0.2, -0.15) is 0 Å². The van der Waals surface area contributed by atoms with Gasteiger partial charge in [0.15, 0.2) is 0 Å². The molecule has 1 fully saturated rings. The van der Waals surface area contributed by atoms with Crippen molar-refractivity contribution < 1.29 is 14.7 Å². The molecule has 2 rings (SSSR count). The highest BCUT2D eigenvalue weighted by atomic mass is 35.5. The predicted molar refractivity (Wildman–Crippen MR) is 78.9 cm³/mol. The molecule has 1 aromatic heterocycles. The van der Waals surface area contributed by atoms with Gasteiger partial charge in [-0.05, 0) is 12.5 Å². The molecule has 1 aliphatic heterocycles. The van der Waals surface area contributed by atoms with Crippen molar-refractivity contribution in [1.29, 1.82) is 0 Å². The molecule has 0 radical (unpaired) electrons. The molecule has 5 nitrogen and oxygen atoms in total. The van der Waals surface area contributed by atoms with E-state index >= 15 is 0 Å². The van der Waals surface area contributed by atoms with Gasteiger partial charge < -0.3 is 10.0 Å². The quantitative estimate of drug-likeness (QED) is 0.919. The second-order valence-corrected chi connectivity index (χ2v) is 6.84. The summed E-state index contributed by atoms with van der Waals surface area (Å²) in [4.78, 5) is 26.6. The fourth-order valence-electron chi connectivity index (χ4n) is 2.18. The Hall–Kier alpha value is -0.820. The molecule has 20 heavy (non-hydrogen) atoms. The zero-order chi connectivity index (χ0) is 14.7. The van der Waals surface area contributed by atoms with Crippen LogP contribution in [0.5, 0.6) is 0 Å². The minimum absolute atomic E-state index is 0.00701. The zero-order valence-corrected chi connectivity index (χ0v) is 13.0. The standard InChI is InChI=1S/C12H14Cl2N2O3S/c13-9-6-8(11(14)20-9)12(19)16-3-1-2-15(4-5-16)7-10(17)18/h6H,1-5,7H2,(H,17,18). The maximum Gasteiger partial charge on any atom is 0.317 e. The van der Waals surface area contributed by atoms with Crippen LogP contribution in [-0.4, -0.2) is 59.5 Å². The predicted octanol–water partition coefficient (Wildman–Crippen LogP) is 2.29. The molecule has 1 saturated heterocycles. The topological polar surface area (TPSA) is 60.9 Å². The number of carboxylic acid groups (broad SMARTS) is 1. The molecule has 110 valence electrons. The largest absolute Gasteiger partial charge is 0.480 e. The van der Waals surface area contributed by atoms with Crippen LogP contribution in [0.1, 0.15) is 16.8 Å². The van der Waals surface area contributed by atoms with Crippen LogP contribution in [0, 0.1) is 0 Å². The first kappa shape index (κ1) is 15.6. The number of aliphatic carboxylic acids is 1. The first-order valence-electron chi connectivity index (χ1n) is 6.15. The van der Waals surface area contributed by atoms with Crippen molar-refractivity contribution in [3.05, 3.63) is 20.3 Å². The van der Waals surface area contributed by atoms with Crippen molar-refractivity contribution >= 4 is 46.4 Å². The molecule has 1 aliphatic rings. The van der Waals surface area contributed by atoms with Gasteiger partial charge in [-0.15, -0.1) is 11.3 Å². The molecule has 0 spiro atoms. The number of carbonyl (C=O) groups excluding carboxylic acids is 1. The van der Waals surface area contributed by atoms with E-state index in [-0.39, 0.29) is 12.5 Å². The third-order valence-corrected chi connectivity index (χ3v) is 4.61. The van der Waals surface area contributed by atoms with Crippen LogP contribution in [0.3, 0.4) is 0 Å². The fourth-order valence-corrected chi connectivity index (χ4v) is 3.63. The van der Waals surface area contributed by atoms with Gasteiger partial charge in [0.05, 0.1) is 16.4 Å². The summed E-state index contributed by atoms with van der Waals surface area (Å²) < 4.78 is 0.882. The summed E-state index contributed by atoms with van der Waals surface area (Å²) in [6, 6.07) is 1.58. The lowest BCUT2D eigenvalue weighted by Crippen LogP contribution is -2.36. The van der Waals surface area contributed by atoms with Crippen molar-refractivity contribution in [1.82, 2.24) is 9.80 Å². The SMILES string of the molecule is O=C(O)CN1CCCN(C(=O)c2cc(Cl)sc2Cl)CC1. The van der Waals surface area contributed by atoms with Gasteiger partial charge in [0.2, 0.25) is 0 Å². The number of halogens is 2. The molecule has 1 N–H and O–H groups in total. The minimum Gasteiger partial charge on any atom is -0.480 e.